The van der Waals surface area contributed by atoms with Crippen molar-refractivity contribution in [2.24, 2.45) is 0 Å². The third-order valence-corrected chi connectivity index (χ3v) is 5.01. The Labute approximate surface area is 153 Å². The average Bonchev–Trinajstić information content (AvgIpc) is 2.96. The maximum atomic E-state index is 11.9. The van der Waals surface area contributed by atoms with E-state index in [0.717, 1.165) is 20.8 Å². The van der Waals surface area contributed by atoms with Crippen molar-refractivity contribution in [1.29, 1.82) is 0 Å². The van der Waals surface area contributed by atoms with Crippen molar-refractivity contribution in [3.8, 4) is 0 Å². The van der Waals surface area contributed by atoms with E-state index in [9.17, 15) is 4.79 Å². The van der Waals surface area contributed by atoms with Crippen LogP contribution >= 0.6 is 34.5 Å². The lowest BCUT2D eigenvalue weighted by molar-refractivity contribution is -0.116. The van der Waals surface area contributed by atoms with Gasteiger partial charge >= 0.3 is 0 Å². The fraction of sp³-hybridized carbons (Fsp3) is 0.111. The van der Waals surface area contributed by atoms with Crippen LogP contribution in [0.25, 0.3) is 16.3 Å². The van der Waals surface area contributed by atoms with Crippen LogP contribution in [0.2, 0.25) is 10.0 Å². The van der Waals surface area contributed by atoms with E-state index in [1.54, 1.807) is 35.6 Å². The van der Waals surface area contributed by atoms with Gasteiger partial charge in [-0.1, -0.05) is 41.4 Å². The smallest absolute Gasteiger partial charge is 0.244 e. The number of benzene rings is 2. The first kappa shape index (κ1) is 17.0. The quantitative estimate of drug-likeness (QED) is 0.638. The predicted octanol–water partition coefficient (Wildman–Crippen LogP) is 4.98. The number of rotatable bonds is 5. The summed E-state index contributed by atoms with van der Waals surface area (Å²) in [6, 6.07) is 13.2. The Morgan fingerprint density at radius 1 is 1.21 bits per heavy atom. The molecule has 0 aliphatic rings. The Bertz CT molecular complexity index is 872. The minimum atomic E-state index is -0.165. The molecule has 1 heterocycles. The summed E-state index contributed by atoms with van der Waals surface area (Å²) in [5.74, 6) is -0.165. The molecule has 0 aliphatic heterocycles. The highest BCUT2D eigenvalue weighted by Crippen LogP contribution is 2.22. The highest BCUT2D eigenvalue weighted by Gasteiger charge is 2.04. The van der Waals surface area contributed by atoms with Crippen molar-refractivity contribution in [2.45, 2.75) is 6.42 Å². The van der Waals surface area contributed by atoms with Gasteiger partial charge in [0.2, 0.25) is 5.91 Å². The number of amides is 1. The molecular weight excluding hydrogens is 363 g/mol. The largest absolute Gasteiger partial charge is 0.352 e. The second kappa shape index (κ2) is 7.79. The van der Waals surface area contributed by atoms with E-state index in [4.69, 9.17) is 23.2 Å². The molecule has 3 rings (SSSR count). The molecule has 0 saturated carbocycles. The van der Waals surface area contributed by atoms with E-state index in [1.165, 1.54) is 6.08 Å². The normalized spacial score (nSPS) is 11.2. The van der Waals surface area contributed by atoms with Crippen LogP contribution in [0, 0.1) is 0 Å². The number of thiazole rings is 1. The van der Waals surface area contributed by atoms with Crippen LogP contribution in [0.4, 0.5) is 0 Å². The van der Waals surface area contributed by atoms with E-state index in [1.807, 2.05) is 24.3 Å². The molecule has 0 unspecified atom stereocenters. The molecule has 0 saturated heterocycles. The lowest BCUT2D eigenvalue weighted by Crippen LogP contribution is -2.23. The SMILES string of the molecule is O=C(/C=C/c1ccc(Cl)cc1Cl)NCCc1nc2ccccc2s1. The number of hydrogen-bond donors (Lipinski definition) is 1. The number of aromatic nitrogens is 1. The fourth-order valence-electron chi connectivity index (χ4n) is 2.18. The molecule has 24 heavy (non-hydrogen) atoms. The first-order valence-corrected chi connectivity index (χ1v) is 8.94. The Morgan fingerprint density at radius 3 is 2.83 bits per heavy atom. The number of nitrogens with zero attached hydrogens (tertiary/aromatic N) is 1. The molecule has 3 aromatic rings. The summed E-state index contributed by atoms with van der Waals surface area (Å²) < 4.78 is 1.16. The van der Waals surface area contributed by atoms with Gasteiger partial charge in [-0.25, -0.2) is 4.98 Å². The van der Waals surface area contributed by atoms with Crippen LogP contribution < -0.4 is 5.32 Å². The zero-order chi connectivity index (χ0) is 16.9. The van der Waals surface area contributed by atoms with E-state index < -0.39 is 0 Å². The Morgan fingerprint density at radius 2 is 2.04 bits per heavy atom. The molecule has 0 spiro atoms. The van der Waals surface area contributed by atoms with Crippen molar-refractivity contribution in [3.63, 3.8) is 0 Å². The number of carbonyl (C=O) groups excluding carboxylic acids is 1. The monoisotopic (exact) mass is 376 g/mol. The molecule has 1 amide bonds. The van der Waals surface area contributed by atoms with Gasteiger partial charge in [0.05, 0.1) is 15.2 Å². The van der Waals surface area contributed by atoms with Crippen LogP contribution in [0.3, 0.4) is 0 Å². The lowest BCUT2D eigenvalue weighted by atomic mass is 10.2. The maximum Gasteiger partial charge on any atom is 0.244 e. The second-order valence-corrected chi connectivity index (χ2v) is 7.07. The van der Waals surface area contributed by atoms with E-state index in [2.05, 4.69) is 10.3 Å². The Kier molecular flexibility index (Phi) is 5.51. The van der Waals surface area contributed by atoms with Crippen molar-refractivity contribution >= 4 is 56.7 Å². The number of fused-ring (bicyclic) bond motifs is 1. The predicted molar refractivity (Wildman–Crippen MR) is 102 cm³/mol. The van der Waals surface area contributed by atoms with Gasteiger partial charge in [-0.2, -0.15) is 0 Å². The Balaban J connectivity index is 1.52. The first-order chi connectivity index (χ1) is 11.6. The molecule has 122 valence electrons. The number of carbonyl (C=O) groups is 1. The van der Waals surface area contributed by atoms with Gasteiger partial charge < -0.3 is 5.32 Å². The van der Waals surface area contributed by atoms with Crippen LogP contribution in [-0.4, -0.2) is 17.4 Å². The first-order valence-electron chi connectivity index (χ1n) is 7.37. The molecular formula is C18H14Cl2N2OS. The summed E-state index contributed by atoms with van der Waals surface area (Å²) >= 11 is 13.6. The summed E-state index contributed by atoms with van der Waals surface area (Å²) in [6.45, 7) is 0.539. The summed E-state index contributed by atoms with van der Waals surface area (Å²) in [7, 11) is 0. The molecule has 0 fully saturated rings. The topological polar surface area (TPSA) is 42.0 Å². The molecule has 1 N–H and O–H groups in total. The van der Waals surface area contributed by atoms with Gasteiger partial charge in [0.25, 0.3) is 0 Å². The number of para-hydroxylation sites is 1. The van der Waals surface area contributed by atoms with Crippen LogP contribution in [0.5, 0.6) is 0 Å². The minimum absolute atomic E-state index is 0.165. The van der Waals surface area contributed by atoms with Gasteiger partial charge in [0, 0.05) is 29.1 Å². The van der Waals surface area contributed by atoms with Crippen LogP contribution in [-0.2, 0) is 11.2 Å². The summed E-state index contributed by atoms with van der Waals surface area (Å²) in [4.78, 5) is 16.4. The maximum absolute atomic E-state index is 11.9. The van der Waals surface area contributed by atoms with E-state index in [0.29, 0.717) is 23.0 Å². The molecule has 1 aromatic heterocycles. The molecule has 2 aromatic carbocycles. The van der Waals surface area contributed by atoms with Crippen LogP contribution in [0.15, 0.2) is 48.5 Å². The lowest BCUT2D eigenvalue weighted by Gasteiger charge is -2.01. The number of halogens is 2. The van der Waals surface area contributed by atoms with Gasteiger partial charge in [-0.3, -0.25) is 4.79 Å². The zero-order valence-electron chi connectivity index (χ0n) is 12.6. The average molecular weight is 377 g/mol. The molecule has 6 heteroatoms. The number of nitrogens with one attached hydrogen (secondary N) is 1. The molecule has 0 radical (unpaired) electrons. The summed E-state index contributed by atoms with van der Waals surface area (Å²) in [5, 5.41) is 4.95. The standard InChI is InChI=1S/C18H14Cl2N2OS/c19-13-7-5-12(14(20)11-13)6-8-17(23)21-10-9-18-22-15-3-1-2-4-16(15)24-18/h1-8,11H,9-10H2,(H,21,23)/b8-6+. The van der Waals surface area contributed by atoms with E-state index in [-0.39, 0.29) is 5.91 Å². The van der Waals surface area contributed by atoms with E-state index >= 15 is 0 Å². The fourth-order valence-corrected chi connectivity index (χ4v) is 3.62. The van der Waals surface area contributed by atoms with Gasteiger partial charge in [-0.05, 0) is 35.9 Å². The van der Waals surface area contributed by atoms with Crippen molar-refractivity contribution in [1.82, 2.24) is 10.3 Å². The highest BCUT2D eigenvalue weighted by atomic mass is 35.5. The molecule has 0 bridgehead atoms. The molecule has 0 aliphatic carbocycles. The van der Waals surface area contributed by atoms with Crippen molar-refractivity contribution < 1.29 is 4.79 Å². The minimum Gasteiger partial charge on any atom is -0.352 e. The Hall–Kier alpha value is -1.88. The molecule has 3 nitrogen and oxygen atoms in total. The third-order valence-electron chi connectivity index (χ3n) is 3.35. The summed E-state index contributed by atoms with van der Waals surface area (Å²) in [6.07, 6.45) is 3.85. The van der Waals surface area contributed by atoms with Gasteiger partial charge in [-0.15, -0.1) is 11.3 Å². The van der Waals surface area contributed by atoms with Crippen molar-refractivity contribution in [3.05, 3.63) is 69.2 Å². The second-order valence-electron chi connectivity index (χ2n) is 5.12. The highest BCUT2D eigenvalue weighted by molar-refractivity contribution is 7.18. The number of hydrogen-bond acceptors (Lipinski definition) is 3. The van der Waals surface area contributed by atoms with Crippen LogP contribution in [0.1, 0.15) is 10.6 Å². The van der Waals surface area contributed by atoms with Gasteiger partial charge in [0.15, 0.2) is 0 Å². The molecule has 0 atom stereocenters. The van der Waals surface area contributed by atoms with Gasteiger partial charge in [0.1, 0.15) is 0 Å². The van der Waals surface area contributed by atoms with Crippen molar-refractivity contribution in [2.75, 3.05) is 6.54 Å². The third kappa shape index (κ3) is 4.35. The zero-order valence-corrected chi connectivity index (χ0v) is 15.0. The summed E-state index contributed by atoms with van der Waals surface area (Å²) in [5.41, 5.74) is 1.75.